The molecular weight excluding hydrogens is 308 g/mol. The molecule has 0 aliphatic heterocycles. The summed E-state index contributed by atoms with van der Waals surface area (Å²) in [4.78, 5) is 35.7. The maximum Gasteiger partial charge on any atom is 0.318 e. The minimum atomic E-state index is -1.07. The normalized spacial score (nSPS) is 14.5. The van der Waals surface area contributed by atoms with E-state index in [2.05, 4.69) is 0 Å². The molecule has 6 heteroatoms. The maximum absolute atomic E-state index is 12.7. The lowest BCUT2D eigenvalue weighted by atomic mass is 9.85. The van der Waals surface area contributed by atoms with E-state index in [0.29, 0.717) is 0 Å². The first kappa shape index (κ1) is 19.7. The number of ether oxygens (including phenoxy) is 1. The van der Waals surface area contributed by atoms with Crippen molar-refractivity contribution in [3.63, 3.8) is 0 Å². The van der Waals surface area contributed by atoms with Crippen molar-refractivity contribution in [2.75, 3.05) is 0 Å². The standard InChI is InChI=1S/C18H26N2O4/c1-5-12(4)14(13-9-7-6-8-10-13)17(22)24-15(11(2)3)16(21)20-18(19)23/h6-12,14-15H,5H2,1-4H3,(H3,19,20,21,23)/t12-,14-,15-/m0/s1. The lowest BCUT2D eigenvalue weighted by molar-refractivity contribution is -0.160. The van der Waals surface area contributed by atoms with Gasteiger partial charge in [-0.25, -0.2) is 4.79 Å². The summed E-state index contributed by atoms with van der Waals surface area (Å²) in [5.74, 6) is -1.90. The number of imide groups is 1. The smallest absolute Gasteiger partial charge is 0.318 e. The van der Waals surface area contributed by atoms with Crippen LogP contribution in [0.3, 0.4) is 0 Å². The van der Waals surface area contributed by atoms with E-state index in [9.17, 15) is 14.4 Å². The highest BCUT2D eigenvalue weighted by atomic mass is 16.5. The molecule has 3 N–H and O–H groups in total. The Labute approximate surface area is 142 Å². The van der Waals surface area contributed by atoms with E-state index < -0.39 is 29.9 Å². The zero-order valence-corrected chi connectivity index (χ0v) is 14.6. The molecule has 132 valence electrons. The zero-order chi connectivity index (χ0) is 18.3. The van der Waals surface area contributed by atoms with Crippen LogP contribution in [0.1, 0.15) is 45.6 Å². The Hall–Kier alpha value is -2.37. The van der Waals surface area contributed by atoms with Crippen LogP contribution in [0.25, 0.3) is 0 Å². The van der Waals surface area contributed by atoms with Crippen molar-refractivity contribution in [3.05, 3.63) is 35.9 Å². The first-order chi connectivity index (χ1) is 11.3. The van der Waals surface area contributed by atoms with Crippen LogP contribution in [0.2, 0.25) is 0 Å². The third kappa shape index (κ3) is 5.37. The second kappa shape index (κ2) is 9.05. The Morgan fingerprint density at radius 2 is 1.71 bits per heavy atom. The molecule has 6 nitrogen and oxygen atoms in total. The highest BCUT2D eigenvalue weighted by Crippen LogP contribution is 2.29. The number of carbonyl (C=O) groups excluding carboxylic acids is 3. The van der Waals surface area contributed by atoms with Crippen molar-refractivity contribution >= 4 is 17.9 Å². The van der Waals surface area contributed by atoms with Crippen molar-refractivity contribution in [2.45, 2.75) is 46.1 Å². The molecular formula is C18H26N2O4. The van der Waals surface area contributed by atoms with Crippen LogP contribution in [-0.2, 0) is 14.3 Å². The molecule has 1 rings (SSSR count). The van der Waals surface area contributed by atoms with Gasteiger partial charge < -0.3 is 10.5 Å². The maximum atomic E-state index is 12.7. The molecule has 0 aliphatic carbocycles. The van der Waals surface area contributed by atoms with E-state index in [4.69, 9.17) is 10.5 Å². The fourth-order valence-electron chi connectivity index (χ4n) is 2.48. The van der Waals surface area contributed by atoms with Gasteiger partial charge in [-0.05, 0) is 17.4 Å². The third-order valence-electron chi connectivity index (χ3n) is 3.98. The molecule has 1 aromatic rings. The van der Waals surface area contributed by atoms with E-state index in [1.54, 1.807) is 13.8 Å². The quantitative estimate of drug-likeness (QED) is 0.749. The number of carbonyl (C=O) groups is 3. The molecule has 0 saturated heterocycles. The Morgan fingerprint density at radius 1 is 1.12 bits per heavy atom. The van der Waals surface area contributed by atoms with E-state index in [0.717, 1.165) is 12.0 Å². The topological polar surface area (TPSA) is 98.5 Å². The molecule has 0 spiro atoms. The minimum absolute atomic E-state index is 0.0481. The Kier molecular flexibility index (Phi) is 7.42. The minimum Gasteiger partial charge on any atom is -0.451 e. The molecule has 24 heavy (non-hydrogen) atoms. The summed E-state index contributed by atoms with van der Waals surface area (Å²) in [5, 5.41) is 1.97. The van der Waals surface area contributed by atoms with Crippen LogP contribution in [0.15, 0.2) is 30.3 Å². The predicted molar refractivity (Wildman–Crippen MR) is 91.1 cm³/mol. The molecule has 3 atom stereocenters. The molecule has 0 aliphatic rings. The van der Waals surface area contributed by atoms with Gasteiger partial charge in [0, 0.05) is 0 Å². The zero-order valence-electron chi connectivity index (χ0n) is 14.6. The summed E-state index contributed by atoms with van der Waals surface area (Å²) in [7, 11) is 0. The van der Waals surface area contributed by atoms with Gasteiger partial charge in [0.1, 0.15) is 0 Å². The number of amides is 3. The number of nitrogens with two attached hydrogens (primary N) is 1. The van der Waals surface area contributed by atoms with E-state index >= 15 is 0 Å². The number of benzene rings is 1. The third-order valence-corrected chi connectivity index (χ3v) is 3.98. The fraction of sp³-hybridized carbons (Fsp3) is 0.500. The number of urea groups is 1. The van der Waals surface area contributed by atoms with Gasteiger partial charge >= 0.3 is 12.0 Å². The SMILES string of the molecule is CC[C@H](C)[C@H](C(=O)O[C@H](C(=O)NC(N)=O)C(C)C)c1ccccc1. The molecule has 0 fully saturated rings. The van der Waals surface area contributed by atoms with Crippen LogP contribution < -0.4 is 11.1 Å². The van der Waals surface area contributed by atoms with Crippen LogP contribution in [0.5, 0.6) is 0 Å². The van der Waals surface area contributed by atoms with Crippen molar-refractivity contribution in [1.82, 2.24) is 5.32 Å². The second-order valence-corrected chi connectivity index (χ2v) is 6.23. The van der Waals surface area contributed by atoms with Crippen molar-refractivity contribution in [1.29, 1.82) is 0 Å². The summed E-state index contributed by atoms with van der Waals surface area (Å²) in [5.41, 5.74) is 5.81. The number of hydrogen-bond donors (Lipinski definition) is 2. The first-order valence-electron chi connectivity index (χ1n) is 8.13. The predicted octanol–water partition coefficient (Wildman–Crippen LogP) is 2.58. The number of rotatable bonds is 7. The molecule has 1 aromatic carbocycles. The summed E-state index contributed by atoms with van der Waals surface area (Å²) < 4.78 is 5.46. The Balaban J connectivity index is 3.01. The van der Waals surface area contributed by atoms with Crippen LogP contribution in [0.4, 0.5) is 4.79 Å². The van der Waals surface area contributed by atoms with Gasteiger partial charge in [0.2, 0.25) is 0 Å². The highest BCUT2D eigenvalue weighted by Gasteiger charge is 2.33. The van der Waals surface area contributed by atoms with Gasteiger partial charge in [-0.3, -0.25) is 14.9 Å². The molecule has 0 saturated carbocycles. The summed E-state index contributed by atoms with van der Waals surface area (Å²) in [6, 6.07) is 8.36. The lowest BCUT2D eigenvalue weighted by Crippen LogP contribution is -2.46. The highest BCUT2D eigenvalue weighted by molar-refractivity contribution is 5.97. The monoisotopic (exact) mass is 334 g/mol. The van der Waals surface area contributed by atoms with Crippen molar-refractivity contribution in [3.8, 4) is 0 Å². The number of esters is 1. The number of hydrogen-bond acceptors (Lipinski definition) is 4. The van der Waals surface area contributed by atoms with Crippen LogP contribution in [-0.4, -0.2) is 24.0 Å². The van der Waals surface area contributed by atoms with Gasteiger partial charge in [-0.2, -0.15) is 0 Å². The number of primary amides is 1. The Morgan fingerprint density at radius 3 is 2.17 bits per heavy atom. The molecule has 0 radical (unpaired) electrons. The van der Waals surface area contributed by atoms with Gasteiger partial charge in [-0.15, -0.1) is 0 Å². The fourth-order valence-corrected chi connectivity index (χ4v) is 2.48. The molecule has 0 aromatic heterocycles. The summed E-state index contributed by atoms with van der Waals surface area (Å²) in [6.07, 6.45) is -0.283. The largest absolute Gasteiger partial charge is 0.451 e. The van der Waals surface area contributed by atoms with Crippen molar-refractivity contribution < 1.29 is 19.1 Å². The molecule has 3 amide bonds. The molecule has 0 bridgehead atoms. The van der Waals surface area contributed by atoms with Gasteiger partial charge in [0.15, 0.2) is 6.10 Å². The van der Waals surface area contributed by atoms with E-state index in [-0.39, 0.29) is 11.8 Å². The average Bonchev–Trinajstić information content (AvgIpc) is 2.52. The second-order valence-electron chi connectivity index (χ2n) is 6.23. The molecule has 0 unspecified atom stereocenters. The summed E-state index contributed by atoms with van der Waals surface area (Å²) >= 11 is 0. The van der Waals surface area contributed by atoms with Crippen LogP contribution in [0, 0.1) is 11.8 Å². The van der Waals surface area contributed by atoms with Gasteiger partial charge in [0.25, 0.3) is 5.91 Å². The summed E-state index contributed by atoms with van der Waals surface area (Å²) in [6.45, 7) is 7.43. The lowest BCUT2D eigenvalue weighted by Gasteiger charge is -2.26. The number of nitrogens with one attached hydrogen (secondary N) is 1. The van der Waals surface area contributed by atoms with E-state index in [1.807, 2.05) is 49.5 Å². The Bertz CT molecular complexity index is 572. The van der Waals surface area contributed by atoms with Gasteiger partial charge in [0.05, 0.1) is 5.92 Å². The van der Waals surface area contributed by atoms with Crippen LogP contribution >= 0.6 is 0 Å². The van der Waals surface area contributed by atoms with Crippen molar-refractivity contribution in [2.24, 2.45) is 17.6 Å². The average molecular weight is 334 g/mol. The first-order valence-corrected chi connectivity index (χ1v) is 8.13. The van der Waals surface area contributed by atoms with E-state index in [1.165, 1.54) is 0 Å². The van der Waals surface area contributed by atoms with Gasteiger partial charge in [-0.1, -0.05) is 64.4 Å². The molecule has 0 heterocycles.